The van der Waals surface area contributed by atoms with E-state index in [-0.39, 0.29) is 18.6 Å². The Kier molecular flexibility index (Phi) is 7.91. The second-order valence-corrected chi connectivity index (χ2v) is 7.87. The molecule has 168 valence electrons. The van der Waals surface area contributed by atoms with Crippen LogP contribution in [0.2, 0.25) is 0 Å². The lowest BCUT2D eigenvalue weighted by atomic mass is 10.0. The zero-order valence-electron chi connectivity index (χ0n) is 17.3. The zero-order chi connectivity index (χ0) is 23.1. The highest BCUT2D eigenvalue weighted by Crippen LogP contribution is 2.19. The summed E-state index contributed by atoms with van der Waals surface area (Å²) in [6, 6.07) is 13.6. The minimum absolute atomic E-state index is 0.0905. The number of carboxylic acid groups (broad SMARTS) is 1. The molecule has 32 heavy (non-hydrogen) atoms. The number of carboxylic acids is 1. The van der Waals surface area contributed by atoms with Gasteiger partial charge in [-0.25, -0.2) is 4.79 Å². The third kappa shape index (κ3) is 5.89. The fourth-order valence-corrected chi connectivity index (χ4v) is 3.58. The summed E-state index contributed by atoms with van der Waals surface area (Å²) in [7, 11) is 0. The Morgan fingerprint density at radius 1 is 0.938 bits per heavy atom. The third-order valence-electron chi connectivity index (χ3n) is 5.16. The van der Waals surface area contributed by atoms with Crippen LogP contribution in [0.4, 0.5) is 0 Å². The number of para-hydroxylation sites is 1. The summed E-state index contributed by atoms with van der Waals surface area (Å²) < 4.78 is 0. The predicted molar refractivity (Wildman–Crippen MR) is 125 cm³/mol. The van der Waals surface area contributed by atoms with Gasteiger partial charge in [0, 0.05) is 35.7 Å². The van der Waals surface area contributed by atoms with Crippen molar-refractivity contribution < 1.29 is 19.5 Å². The number of amides is 2. The van der Waals surface area contributed by atoms with Crippen molar-refractivity contribution in [3.8, 4) is 0 Å². The van der Waals surface area contributed by atoms with E-state index in [0.717, 1.165) is 22.0 Å². The Morgan fingerprint density at radius 2 is 1.59 bits per heavy atom. The molecule has 0 unspecified atom stereocenters. The number of H-pyrrole nitrogens is 1. The molecule has 0 saturated heterocycles. The molecule has 3 aromatic rings. The van der Waals surface area contributed by atoms with Crippen LogP contribution in [0.1, 0.15) is 11.1 Å². The number of fused-ring (bicyclic) bond motifs is 1. The number of benzene rings is 2. The van der Waals surface area contributed by atoms with Crippen molar-refractivity contribution in [3.63, 3.8) is 0 Å². The first-order chi connectivity index (χ1) is 15.4. The van der Waals surface area contributed by atoms with Crippen LogP contribution in [0.15, 0.2) is 60.8 Å². The summed E-state index contributed by atoms with van der Waals surface area (Å²) >= 11 is 4.02. The number of rotatable bonds is 10. The molecule has 0 aliphatic carbocycles. The monoisotopic (exact) mass is 454 g/mol. The molecule has 0 fully saturated rings. The number of aromatic amines is 1. The molecule has 0 radical (unpaired) electrons. The highest BCUT2D eigenvalue weighted by atomic mass is 32.1. The van der Waals surface area contributed by atoms with Crippen LogP contribution in [0, 0.1) is 0 Å². The van der Waals surface area contributed by atoms with Gasteiger partial charge in [-0.2, -0.15) is 12.6 Å². The molecule has 3 rings (SSSR count). The van der Waals surface area contributed by atoms with Gasteiger partial charge in [-0.1, -0.05) is 48.5 Å². The summed E-state index contributed by atoms with van der Waals surface area (Å²) in [5.74, 6) is -2.18. The minimum Gasteiger partial charge on any atom is -0.480 e. The first kappa shape index (κ1) is 23.4. The quantitative estimate of drug-likeness (QED) is 0.256. The van der Waals surface area contributed by atoms with Gasteiger partial charge >= 0.3 is 5.97 Å². The van der Waals surface area contributed by atoms with Crippen molar-refractivity contribution in [2.45, 2.75) is 31.0 Å². The lowest BCUT2D eigenvalue weighted by molar-refractivity contribution is -0.142. The minimum atomic E-state index is -1.17. The highest BCUT2D eigenvalue weighted by Gasteiger charge is 2.28. The molecular weight excluding hydrogens is 428 g/mol. The molecule has 0 aliphatic heterocycles. The van der Waals surface area contributed by atoms with Crippen molar-refractivity contribution >= 4 is 41.3 Å². The van der Waals surface area contributed by atoms with E-state index in [9.17, 15) is 19.5 Å². The number of nitrogens with two attached hydrogens (primary N) is 1. The molecule has 0 aliphatic rings. The zero-order valence-corrected chi connectivity index (χ0v) is 18.2. The molecule has 9 heteroatoms. The van der Waals surface area contributed by atoms with Gasteiger partial charge in [0.15, 0.2) is 0 Å². The van der Waals surface area contributed by atoms with Crippen LogP contribution in [-0.2, 0) is 27.2 Å². The third-order valence-corrected chi connectivity index (χ3v) is 5.56. The van der Waals surface area contributed by atoms with E-state index in [1.165, 1.54) is 0 Å². The molecule has 8 nitrogen and oxygen atoms in total. The van der Waals surface area contributed by atoms with Gasteiger partial charge in [-0.15, -0.1) is 0 Å². The maximum atomic E-state index is 13.0. The Bertz CT molecular complexity index is 1090. The highest BCUT2D eigenvalue weighted by molar-refractivity contribution is 7.80. The van der Waals surface area contributed by atoms with Gasteiger partial charge in [0.1, 0.15) is 12.1 Å². The van der Waals surface area contributed by atoms with E-state index >= 15 is 0 Å². The summed E-state index contributed by atoms with van der Waals surface area (Å²) in [6.07, 6.45) is 2.02. The van der Waals surface area contributed by atoms with Gasteiger partial charge in [-0.05, 0) is 17.2 Å². The maximum absolute atomic E-state index is 13.0. The van der Waals surface area contributed by atoms with E-state index in [4.69, 9.17) is 5.73 Å². The summed E-state index contributed by atoms with van der Waals surface area (Å²) in [5.41, 5.74) is 8.20. The normalized spacial score (nSPS) is 13.8. The number of carbonyl (C=O) groups excluding carboxylic acids is 2. The van der Waals surface area contributed by atoms with Gasteiger partial charge in [0.05, 0.1) is 6.04 Å². The molecule has 1 aromatic heterocycles. The van der Waals surface area contributed by atoms with Crippen LogP contribution in [0.3, 0.4) is 0 Å². The number of nitrogens with one attached hydrogen (secondary N) is 3. The van der Waals surface area contributed by atoms with E-state index < -0.39 is 35.9 Å². The number of aromatic nitrogens is 1. The Hall–Kier alpha value is -3.30. The van der Waals surface area contributed by atoms with Crippen molar-refractivity contribution in [1.29, 1.82) is 0 Å². The lowest BCUT2D eigenvalue weighted by Crippen LogP contribution is -2.55. The summed E-state index contributed by atoms with van der Waals surface area (Å²) in [5, 5.41) is 15.8. The Labute approximate surface area is 191 Å². The SMILES string of the molecule is N[C@@H](CS)C(=O)N[C@@H](Cc1ccccc1)C(=O)N[C@H](Cc1c[nH]c2ccccc12)C(=O)O. The average molecular weight is 455 g/mol. The number of thiol groups is 1. The van der Waals surface area contributed by atoms with Gasteiger partial charge in [0.2, 0.25) is 11.8 Å². The smallest absolute Gasteiger partial charge is 0.326 e. The fourth-order valence-electron chi connectivity index (χ4n) is 3.41. The topological polar surface area (TPSA) is 137 Å². The first-order valence-corrected chi connectivity index (χ1v) is 10.8. The second-order valence-electron chi connectivity index (χ2n) is 7.50. The summed E-state index contributed by atoms with van der Waals surface area (Å²) in [4.78, 5) is 40.4. The van der Waals surface area contributed by atoms with E-state index in [1.54, 1.807) is 6.20 Å². The number of hydrogen-bond donors (Lipinski definition) is 6. The van der Waals surface area contributed by atoms with Crippen molar-refractivity contribution in [2.75, 3.05) is 5.75 Å². The van der Waals surface area contributed by atoms with Crippen molar-refractivity contribution in [3.05, 3.63) is 71.9 Å². The Morgan fingerprint density at radius 3 is 2.28 bits per heavy atom. The molecule has 6 N–H and O–H groups in total. The van der Waals surface area contributed by atoms with Crippen molar-refractivity contribution in [2.24, 2.45) is 5.73 Å². The lowest BCUT2D eigenvalue weighted by Gasteiger charge is -2.23. The van der Waals surface area contributed by atoms with Crippen molar-refractivity contribution in [1.82, 2.24) is 15.6 Å². The summed E-state index contributed by atoms with van der Waals surface area (Å²) in [6.45, 7) is 0. The van der Waals surface area contributed by atoms with E-state index in [0.29, 0.717) is 0 Å². The van der Waals surface area contributed by atoms with Crippen LogP contribution in [0.5, 0.6) is 0 Å². The first-order valence-electron chi connectivity index (χ1n) is 10.2. The molecule has 2 aromatic carbocycles. The largest absolute Gasteiger partial charge is 0.480 e. The Balaban J connectivity index is 1.78. The second kappa shape index (κ2) is 10.8. The van der Waals surface area contributed by atoms with Crippen LogP contribution in [0.25, 0.3) is 10.9 Å². The molecule has 0 saturated carbocycles. The van der Waals surface area contributed by atoms with Crippen LogP contribution >= 0.6 is 12.6 Å². The van der Waals surface area contributed by atoms with Gasteiger partial charge in [0.25, 0.3) is 0 Å². The number of hydrogen-bond acceptors (Lipinski definition) is 5. The van der Waals surface area contributed by atoms with Gasteiger partial charge < -0.3 is 26.5 Å². The standard InChI is InChI=1S/C23H26N4O4S/c24-17(13-32)21(28)26-19(10-14-6-2-1-3-7-14)22(29)27-20(23(30)31)11-15-12-25-18-9-5-4-8-16(15)18/h1-9,12,17,19-20,25,32H,10-11,13,24H2,(H,26,28)(H,27,29)(H,30,31)/t17-,19-,20+/m0/s1. The molecule has 0 bridgehead atoms. The molecule has 0 spiro atoms. The number of aliphatic carboxylic acids is 1. The molecule has 2 amide bonds. The van der Waals surface area contributed by atoms with Gasteiger partial charge in [-0.3, -0.25) is 9.59 Å². The molecule has 3 atom stereocenters. The number of carbonyl (C=O) groups is 3. The van der Waals surface area contributed by atoms with Crippen LogP contribution in [-0.4, -0.2) is 51.8 Å². The van der Waals surface area contributed by atoms with Crippen LogP contribution < -0.4 is 16.4 Å². The fraction of sp³-hybridized carbons (Fsp3) is 0.261. The maximum Gasteiger partial charge on any atom is 0.326 e. The average Bonchev–Trinajstić information content (AvgIpc) is 3.21. The van der Waals surface area contributed by atoms with E-state index in [2.05, 4.69) is 28.2 Å². The van der Waals surface area contributed by atoms with E-state index in [1.807, 2.05) is 54.6 Å². The molecule has 1 heterocycles. The predicted octanol–water partition coefficient (Wildman–Crippen LogP) is 1.26. The molecular formula is C23H26N4O4S.